The fourth-order valence-electron chi connectivity index (χ4n) is 1.72. The third-order valence-corrected chi connectivity index (χ3v) is 2.52. The maximum Gasteiger partial charge on any atom is 0.193 e. The zero-order valence-corrected chi connectivity index (χ0v) is 8.40. The predicted octanol–water partition coefficient (Wildman–Crippen LogP) is 1.92. The van der Waals surface area contributed by atoms with E-state index in [0.717, 1.165) is 11.3 Å². The zero-order valence-electron chi connectivity index (χ0n) is 8.40. The van der Waals surface area contributed by atoms with E-state index in [1.54, 1.807) is 6.07 Å². The van der Waals surface area contributed by atoms with Crippen LogP contribution in [0.3, 0.4) is 0 Å². The highest BCUT2D eigenvalue weighted by Gasteiger charge is 2.04. The number of rotatable bonds is 1. The summed E-state index contributed by atoms with van der Waals surface area (Å²) in [4.78, 5) is 14.9. The molecule has 0 aliphatic rings. The molecule has 0 amide bonds. The van der Waals surface area contributed by atoms with E-state index in [2.05, 4.69) is 15.2 Å². The van der Waals surface area contributed by atoms with Crippen LogP contribution in [0.25, 0.3) is 22.3 Å². The van der Waals surface area contributed by atoms with Crippen molar-refractivity contribution in [2.45, 2.75) is 0 Å². The van der Waals surface area contributed by atoms with E-state index in [1.807, 2.05) is 30.3 Å². The van der Waals surface area contributed by atoms with E-state index >= 15 is 0 Å². The van der Waals surface area contributed by atoms with Crippen molar-refractivity contribution in [3.63, 3.8) is 0 Å². The summed E-state index contributed by atoms with van der Waals surface area (Å²) >= 11 is 0. The van der Waals surface area contributed by atoms with E-state index in [1.165, 1.54) is 6.20 Å². The summed E-state index contributed by atoms with van der Waals surface area (Å²) in [5.74, 6) is 0. The topological polar surface area (TPSA) is 61.5 Å². The minimum absolute atomic E-state index is 0.0265. The van der Waals surface area contributed by atoms with Crippen molar-refractivity contribution in [3.8, 4) is 11.3 Å². The molecule has 0 aliphatic carbocycles. The normalized spacial score (nSPS) is 10.8. The standard InChI is InChI=1S/C12H9N3O/c16-11-6-10(8-4-2-1-3-5-8)14-12-9(11)7-13-15-12/h1-7H,(H2,13,14,15,16). The van der Waals surface area contributed by atoms with Crippen LogP contribution >= 0.6 is 0 Å². The summed E-state index contributed by atoms with van der Waals surface area (Å²) in [5.41, 5.74) is 2.41. The minimum atomic E-state index is -0.0265. The molecule has 0 radical (unpaired) electrons. The minimum Gasteiger partial charge on any atom is -0.339 e. The summed E-state index contributed by atoms with van der Waals surface area (Å²) in [6.07, 6.45) is 1.53. The highest BCUT2D eigenvalue weighted by atomic mass is 16.1. The number of benzene rings is 1. The first kappa shape index (κ1) is 8.91. The van der Waals surface area contributed by atoms with Crippen LogP contribution in [0.5, 0.6) is 0 Å². The van der Waals surface area contributed by atoms with Crippen LogP contribution in [-0.4, -0.2) is 15.2 Å². The molecule has 3 aromatic rings. The van der Waals surface area contributed by atoms with Gasteiger partial charge in [-0.25, -0.2) is 0 Å². The Kier molecular flexibility index (Phi) is 1.86. The molecular formula is C12H9N3O. The smallest absolute Gasteiger partial charge is 0.193 e. The molecule has 0 unspecified atom stereocenters. The summed E-state index contributed by atoms with van der Waals surface area (Å²) in [6.45, 7) is 0. The SMILES string of the molecule is O=c1cc(-c2ccccc2)[nH]c2[nH]ncc12. The molecule has 2 N–H and O–H groups in total. The average Bonchev–Trinajstić information content (AvgIpc) is 2.79. The first-order valence-corrected chi connectivity index (χ1v) is 4.96. The Bertz CT molecular complexity index is 682. The van der Waals surface area contributed by atoms with E-state index in [0.29, 0.717) is 11.0 Å². The molecule has 4 heteroatoms. The molecule has 2 heterocycles. The van der Waals surface area contributed by atoms with Crippen LogP contribution in [0, 0.1) is 0 Å². The molecule has 4 nitrogen and oxygen atoms in total. The van der Waals surface area contributed by atoms with Crippen LogP contribution in [0.15, 0.2) is 47.4 Å². The first-order valence-electron chi connectivity index (χ1n) is 4.96. The second kappa shape index (κ2) is 3.34. The Labute approximate surface area is 90.9 Å². The van der Waals surface area contributed by atoms with Gasteiger partial charge in [-0.3, -0.25) is 9.89 Å². The average molecular weight is 211 g/mol. The Morgan fingerprint density at radius 3 is 2.75 bits per heavy atom. The van der Waals surface area contributed by atoms with E-state index in [9.17, 15) is 4.79 Å². The third-order valence-electron chi connectivity index (χ3n) is 2.52. The van der Waals surface area contributed by atoms with Crippen molar-refractivity contribution in [1.82, 2.24) is 15.2 Å². The Morgan fingerprint density at radius 2 is 1.94 bits per heavy atom. The van der Waals surface area contributed by atoms with Crippen LogP contribution in [0.2, 0.25) is 0 Å². The van der Waals surface area contributed by atoms with Gasteiger partial charge in [-0.05, 0) is 5.56 Å². The number of fused-ring (bicyclic) bond motifs is 1. The van der Waals surface area contributed by atoms with Gasteiger partial charge in [0.05, 0.1) is 17.3 Å². The molecule has 0 bridgehead atoms. The van der Waals surface area contributed by atoms with Gasteiger partial charge in [0.2, 0.25) is 0 Å². The number of nitrogens with zero attached hydrogens (tertiary/aromatic N) is 1. The maximum absolute atomic E-state index is 11.8. The number of pyridine rings is 1. The fraction of sp³-hybridized carbons (Fsp3) is 0. The van der Waals surface area contributed by atoms with Crippen molar-refractivity contribution in [1.29, 1.82) is 0 Å². The summed E-state index contributed by atoms with van der Waals surface area (Å²) in [7, 11) is 0. The molecule has 0 aliphatic heterocycles. The molecule has 0 saturated carbocycles. The van der Waals surface area contributed by atoms with Crippen LogP contribution in [0.4, 0.5) is 0 Å². The number of aromatic amines is 2. The van der Waals surface area contributed by atoms with Gasteiger partial charge in [0.1, 0.15) is 5.65 Å². The Morgan fingerprint density at radius 1 is 1.12 bits per heavy atom. The van der Waals surface area contributed by atoms with E-state index < -0.39 is 0 Å². The second-order valence-corrected chi connectivity index (χ2v) is 3.57. The van der Waals surface area contributed by atoms with Crippen molar-refractivity contribution in [2.75, 3.05) is 0 Å². The third kappa shape index (κ3) is 1.32. The molecule has 2 aromatic heterocycles. The van der Waals surface area contributed by atoms with E-state index in [4.69, 9.17) is 0 Å². The quantitative estimate of drug-likeness (QED) is 0.646. The maximum atomic E-state index is 11.8. The fourth-order valence-corrected chi connectivity index (χ4v) is 1.72. The molecule has 0 fully saturated rings. The molecule has 3 rings (SSSR count). The number of nitrogens with one attached hydrogen (secondary N) is 2. The van der Waals surface area contributed by atoms with Gasteiger partial charge in [-0.1, -0.05) is 30.3 Å². The van der Waals surface area contributed by atoms with E-state index in [-0.39, 0.29) is 5.43 Å². The number of hydrogen-bond acceptors (Lipinski definition) is 2. The van der Waals surface area contributed by atoms with Crippen LogP contribution in [0.1, 0.15) is 0 Å². The van der Waals surface area contributed by atoms with Gasteiger partial charge in [0.15, 0.2) is 5.43 Å². The van der Waals surface area contributed by atoms with Crippen molar-refractivity contribution in [3.05, 3.63) is 52.8 Å². The second-order valence-electron chi connectivity index (χ2n) is 3.57. The van der Waals surface area contributed by atoms with Gasteiger partial charge in [-0.2, -0.15) is 5.10 Å². The van der Waals surface area contributed by atoms with Crippen LogP contribution < -0.4 is 5.43 Å². The summed E-state index contributed by atoms with van der Waals surface area (Å²) < 4.78 is 0. The predicted molar refractivity (Wildman–Crippen MR) is 62.2 cm³/mol. The van der Waals surface area contributed by atoms with Gasteiger partial charge in [0.25, 0.3) is 0 Å². The molecular weight excluding hydrogens is 202 g/mol. The van der Waals surface area contributed by atoms with Gasteiger partial charge >= 0.3 is 0 Å². The highest BCUT2D eigenvalue weighted by Crippen LogP contribution is 2.16. The Balaban J connectivity index is 2.30. The highest BCUT2D eigenvalue weighted by molar-refractivity contribution is 5.77. The number of aromatic nitrogens is 3. The summed E-state index contributed by atoms with van der Waals surface area (Å²) in [6, 6.07) is 11.3. The monoisotopic (exact) mass is 211 g/mol. The largest absolute Gasteiger partial charge is 0.339 e. The van der Waals surface area contributed by atoms with Crippen molar-refractivity contribution in [2.24, 2.45) is 0 Å². The molecule has 1 aromatic carbocycles. The zero-order chi connectivity index (χ0) is 11.0. The molecule has 16 heavy (non-hydrogen) atoms. The first-order chi connectivity index (χ1) is 7.84. The lowest BCUT2D eigenvalue weighted by molar-refractivity contribution is 1.10. The molecule has 0 spiro atoms. The van der Waals surface area contributed by atoms with Gasteiger partial charge < -0.3 is 4.98 Å². The van der Waals surface area contributed by atoms with Crippen molar-refractivity contribution < 1.29 is 0 Å². The lowest BCUT2D eigenvalue weighted by atomic mass is 10.1. The van der Waals surface area contributed by atoms with Crippen molar-refractivity contribution >= 4 is 11.0 Å². The van der Waals surface area contributed by atoms with Gasteiger partial charge in [-0.15, -0.1) is 0 Å². The molecule has 0 saturated heterocycles. The molecule has 0 atom stereocenters. The summed E-state index contributed by atoms with van der Waals surface area (Å²) in [5, 5.41) is 7.19. The number of hydrogen-bond donors (Lipinski definition) is 2. The lowest BCUT2D eigenvalue weighted by Gasteiger charge is -2.00. The van der Waals surface area contributed by atoms with Gasteiger partial charge in [0, 0.05) is 6.07 Å². The Hall–Kier alpha value is -2.36. The molecule has 78 valence electrons. The lowest BCUT2D eigenvalue weighted by Crippen LogP contribution is -2.01. The number of H-pyrrole nitrogens is 2. The van der Waals surface area contributed by atoms with Crippen LogP contribution in [-0.2, 0) is 0 Å².